The minimum Gasteiger partial charge on any atom is -0.481 e. The summed E-state index contributed by atoms with van der Waals surface area (Å²) >= 11 is 0. The summed E-state index contributed by atoms with van der Waals surface area (Å²) in [5.41, 5.74) is 7.28. The highest BCUT2D eigenvalue weighted by Crippen LogP contribution is 2.21. The molecular weight excluding hydrogens is 390 g/mol. The Morgan fingerprint density at radius 1 is 1.30 bits per heavy atom. The number of carboxylic acid groups (broad SMARTS) is 1. The smallest absolute Gasteiger partial charge is 0.303 e. The van der Waals surface area contributed by atoms with E-state index in [4.69, 9.17) is 10.8 Å². The summed E-state index contributed by atoms with van der Waals surface area (Å²) in [5.74, 6) is -0.767. The molecule has 1 unspecified atom stereocenters. The third-order valence-corrected chi connectivity index (χ3v) is 4.46. The topological polar surface area (TPSA) is 175 Å². The van der Waals surface area contributed by atoms with Crippen molar-refractivity contribution in [2.45, 2.75) is 25.8 Å². The molecule has 0 spiro atoms. The second-order valence-corrected chi connectivity index (χ2v) is 6.92. The number of anilines is 3. The van der Waals surface area contributed by atoms with Gasteiger partial charge in [0, 0.05) is 23.7 Å². The van der Waals surface area contributed by atoms with E-state index in [1.165, 1.54) is 0 Å². The van der Waals surface area contributed by atoms with Gasteiger partial charge in [0.05, 0.1) is 18.8 Å². The standard InChI is InChI=1S/C19H23N7O4/c1-10(2-7-14(27)28)23-17(29)11-3-5-12(6-4-11)21-8-13-9-22-16-15(24-13)18(30)26-19(20)25-16/h3-6,10,21H,2,7-9H2,1H3,(H,23,29)(H,27,28)(H4,20,22,25,26,30). The molecule has 7 N–H and O–H groups in total. The third kappa shape index (κ3) is 5.34. The van der Waals surface area contributed by atoms with Crippen LogP contribution in [0.3, 0.4) is 0 Å². The number of hydrogen-bond acceptors (Lipinski definition) is 8. The predicted molar refractivity (Wildman–Crippen MR) is 114 cm³/mol. The third-order valence-electron chi connectivity index (χ3n) is 4.46. The number of nitrogens with zero attached hydrogens (tertiary/aromatic N) is 2. The Kier molecular flexibility index (Phi) is 6.30. The predicted octanol–water partition coefficient (Wildman–Crippen LogP) is 0.945. The van der Waals surface area contributed by atoms with E-state index in [1.807, 2.05) is 0 Å². The van der Waals surface area contributed by atoms with Gasteiger partial charge in [-0.3, -0.25) is 19.4 Å². The number of carboxylic acids is 1. The molecule has 0 fully saturated rings. The number of aromatic nitrogens is 2. The van der Waals surface area contributed by atoms with Crippen LogP contribution in [0.2, 0.25) is 0 Å². The first-order valence-electron chi connectivity index (χ1n) is 9.38. The van der Waals surface area contributed by atoms with E-state index in [1.54, 1.807) is 31.2 Å². The highest BCUT2D eigenvalue weighted by Gasteiger charge is 2.16. The maximum absolute atomic E-state index is 12.2. The number of benzene rings is 1. The molecule has 0 aliphatic carbocycles. The van der Waals surface area contributed by atoms with Gasteiger partial charge in [-0.25, -0.2) is 4.99 Å². The summed E-state index contributed by atoms with van der Waals surface area (Å²) in [5, 5.41) is 17.7. The van der Waals surface area contributed by atoms with Crippen LogP contribution < -0.4 is 27.2 Å². The van der Waals surface area contributed by atoms with Gasteiger partial charge >= 0.3 is 5.97 Å². The highest BCUT2D eigenvalue weighted by atomic mass is 16.4. The molecule has 2 aromatic rings. The van der Waals surface area contributed by atoms with Crippen molar-refractivity contribution in [1.82, 2.24) is 15.3 Å². The quantitative estimate of drug-likeness (QED) is 0.371. The van der Waals surface area contributed by atoms with E-state index in [9.17, 15) is 14.4 Å². The van der Waals surface area contributed by atoms with E-state index in [0.29, 0.717) is 36.6 Å². The lowest BCUT2D eigenvalue weighted by molar-refractivity contribution is -0.137. The zero-order valence-corrected chi connectivity index (χ0v) is 16.4. The van der Waals surface area contributed by atoms with Crippen molar-refractivity contribution < 1.29 is 14.7 Å². The maximum atomic E-state index is 12.2. The molecule has 2 heterocycles. The van der Waals surface area contributed by atoms with Crippen molar-refractivity contribution in [2.24, 2.45) is 4.99 Å². The van der Waals surface area contributed by atoms with E-state index >= 15 is 0 Å². The molecule has 0 bridgehead atoms. The summed E-state index contributed by atoms with van der Waals surface area (Å²) in [6.07, 6.45) is 0.369. The van der Waals surface area contributed by atoms with E-state index in [2.05, 4.69) is 30.9 Å². The van der Waals surface area contributed by atoms with Gasteiger partial charge in [0.25, 0.3) is 11.5 Å². The van der Waals surface area contributed by atoms with Crippen molar-refractivity contribution in [3.05, 3.63) is 40.2 Å². The SMILES string of the molecule is CC(CCC(=O)O)NC(=O)c1ccc(NCC2=Nc3c(nc(N)[nH]c3=O)NC2)cc1. The van der Waals surface area contributed by atoms with Crippen molar-refractivity contribution in [3.8, 4) is 0 Å². The average Bonchev–Trinajstić information content (AvgIpc) is 2.71. The molecule has 1 aliphatic heterocycles. The van der Waals surface area contributed by atoms with Gasteiger partial charge in [0.1, 0.15) is 0 Å². The fourth-order valence-corrected chi connectivity index (χ4v) is 2.86. The number of amides is 1. The minimum absolute atomic E-state index is 0.00282. The van der Waals surface area contributed by atoms with Gasteiger partial charge in [-0.15, -0.1) is 0 Å². The lowest BCUT2D eigenvalue weighted by Crippen LogP contribution is -2.32. The highest BCUT2D eigenvalue weighted by molar-refractivity contribution is 5.97. The first-order valence-corrected chi connectivity index (χ1v) is 9.38. The summed E-state index contributed by atoms with van der Waals surface area (Å²) in [6, 6.07) is 6.64. The molecule has 1 aromatic carbocycles. The van der Waals surface area contributed by atoms with Crippen LogP contribution in [-0.2, 0) is 4.79 Å². The van der Waals surface area contributed by atoms with Crippen molar-refractivity contribution in [2.75, 3.05) is 29.5 Å². The molecule has 0 radical (unpaired) electrons. The molecule has 1 aliphatic rings. The second kappa shape index (κ2) is 9.07. The molecule has 1 aromatic heterocycles. The van der Waals surface area contributed by atoms with Crippen LogP contribution in [-0.4, -0.2) is 51.8 Å². The van der Waals surface area contributed by atoms with E-state index in [-0.39, 0.29) is 30.0 Å². The van der Waals surface area contributed by atoms with Gasteiger partial charge in [0.15, 0.2) is 11.5 Å². The molecule has 158 valence electrons. The molecule has 3 rings (SSSR count). The van der Waals surface area contributed by atoms with Gasteiger partial charge in [-0.2, -0.15) is 4.98 Å². The Morgan fingerprint density at radius 2 is 2.03 bits per heavy atom. The van der Waals surface area contributed by atoms with Crippen molar-refractivity contribution in [3.63, 3.8) is 0 Å². The number of H-pyrrole nitrogens is 1. The monoisotopic (exact) mass is 413 g/mol. The normalized spacial score (nSPS) is 13.4. The van der Waals surface area contributed by atoms with Gasteiger partial charge in [0.2, 0.25) is 5.95 Å². The Hall–Kier alpha value is -3.89. The number of nitrogen functional groups attached to an aromatic ring is 1. The number of aliphatic carboxylic acids is 1. The largest absolute Gasteiger partial charge is 0.481 e. The molecule has 1 atom stereocenters. The number of hydrogen-bond donors (Lipinski definition) is 6. The minimum atomic E-state index is -0.891. The lowest BCUT2D eigenvalue weighted by atomic mass is 10.1. The van der Waals surface area contributed by atoms with Crippen molar-refractivity contribution in [1.29, 1.82) is 0 Å². The summed E-state index contributed by atoms with van der Waals surface area (Å²) in [4.78, 5) is 45.5. The van der Waals surface area contributed by atoms with Crippen LogP contribution in [0, 0.1) is 0 Å². The fourth-order valence-electron chi connectivity index (χ4n) is 2.86. The van der Waals surface area contributed by atoms with Gasteiger partial charge in [-0.1, -0.05) is 0 Å². The first-order chi connectivity index (χ1) is 14.3. The van der Waals surface area contributed by atoms with Crippen LogP contribution >= 0.6 is 0 Å². The Bertz CT molecular complexity index is 1030. The second-order valence-electron chi connectivity index (χ2n) is 6.92. The zero-order chi connectivity index (χ0) is 21.7. The number of fused-ring (bicyclic) bond motifs is 1. The molecular formula is C19H23N7O4. The zero-order valence-electron chi connectivity index (χ0n) is 16.4. The van der Waals surface area contributed by atoms with Crippen LogP contribution in [0.5, 0.6) is 0 Å². The Morgan fingerprint density at radius 3 is 2.73 bits per heavy atom. The number of carbonyl (C=O) groups is 2. The van der Waals surface area contributed by atoms with Gasteiger partial charge in [-0.05, 0) is 37.6 Å². The van der Waals surface area contributed by atoms with E-state index < -0.39 is 11.5 Å². The molecule has 0 saturated carbocycles. The number of nitrogens with one attached hydrogen (secondary N) is 4. The number of aromatic amines is 1. The van der Waals surface area contributed by atoms with Crippen LogP contribution in [0.4, 0.5) is 23.1 Å². The molecule has 11 nitrogen and oxygen atoms in total. The van der Waals surface area contributed by atoms with Crippen LogP contribution in [0.25, 0.3) is 0 Å². The lowest BCUT2D eigenvalue weighted by Gasteiger charge is -2.17. The fraction of sp³-hybridized carbons (Fsp3) is 0.316. The number of carbonyl (C=O) groups excluding carboxylic acids is 1. The van der Waals surface area contributed by atoms with E-state index in [0.717, 1.165) is 5.69 Å². The van der Waals surface area contributed by atoms with Crippen LogP contribution in [0.1, 0.15) is 30.1 Å². The summed E-state index contributed by atoms with van der Waals surface area (Å²) in [6.45, 7) is 2.58. The molecule has 1 amide bonds. The Balaban J connectivity index is 1.56. The van der Waals surface area contributed by atoms with Crippen molar-refractivity contribution >= 4 is 40.7 Å². The molecule has 0 saturated heterocycles. The first kappa shape index (κ1) is 20.8. The van der Waals surface area contributed by atoms with Crippen LogP contribution in [0.15, 0.2) is 34.1 Å². The van der Waals surface area contributed by atoms with Gasteiger partial charge < -0.3 is 26.8 Å². The maximum Gasteiger partial charge on any atom is 0.303 e. The molecule has 30 heavy (non-hydrogen) atoms. The summed E-state index contributed by atoms with van der Waals surface area (Å²) in [7, 11) is 0. The number of rotatable bonds is 8. The summed E-state index contributed by atoms with van der Waals surface area (Å²) < 4.78 is 0. The number of nitrogens with two attached hydrogens (primary N) is 1. The molecule has 11 heteroatoms. The Labute approximate surface area is 171 Å². The average molecular weight is 413 g/mol. The number of aliphatic imine (C=N–C) groups is 1.